The van der Waals surface area contributed by atoms with Crippen LogP contribution in [0.4, 0.5) is 26.3 Å². The molecule has 198 valence electrons. The van der Waals surface area contributed by atoms with Crippen LogP contribution in [0, 0.1) is 0 Å². The van der Waals surface area contributed by atoms with Crippen molar-refractivity contribution >= 4 is 17.5 Å². The average molecular weight is 545 g/mol. The number of hydrogen-bond donors (Lipinski definition) is 0. The van der Waals surface area contributed by atoms with Crippen LogP contribution in [0.15, 0.2) is 54.9 Å². The van der Waals surface area contributed by atoms with E-state index < -0.39 is 41.0 Å². The minimum atomic E-state index is -5.04. The van der Waals surface area contributed by atoms with Crippen molar-refractivity contribution in [3.63, 3.8) is 0 Å². The van der Waals surface area contributed by atoms with Gasteiger partial charge in [-0.2, -0.15) is 31.4 Å². The lowest BCUT2D eigenvalue weighted by molar-refractivity contribution is -0.143. The lowest BCUT2D eigenvalue weighted by Crippen LogP contribution is -2.55. The van der Waals surface area contributed by atoms with Crippen molar-refractivity contribution in [3.8, 4) is 0 Å². The Balaban J connectivity index is 1.65. The Bertz CT molecular complexity index is 1220. The molecule has 0 spiro atoms. The Labute approximate surface area is 214 Å². The van der Waals surface area contributed by atoms with Gasteiger partial charge in [-0.15, -0.1) is 0 Å². The number of nitrogens with zero attached hydrogens (tertiary/aromatic N) is 4. The van der Waals surface area contributed by atoms with Crippen molar-refractivity contribution in [2.24, 2.45) is 7.05 Å². The van der Waals surface area contributed by atoms with Gasteiger partial charge in [0.15, 0.2) is 0 Å². The number of benzene rings is 2. The van der Waals surface area contributed by atoms with Gasteiger partial charge in [-0.1, -0.05) is 23.7 Å². The molecule has 1 aromatic heterocycles. The second-order valence-corrected chi connectivity index (χ2v) is 9.47. The Hall–Kier alpha value is -3.05. The fraction of sp³-hybridized carbons (Fsp3) is 0.360. The first-order valence-electron chi connectivity index (χ1n) is 11.3. The number of rotatable bonds is 5. The maximum Gasteiger partial charge on any atom is 0.416 e. The molecule has 0 radical (unpaired) electrons. The number of aryl methyl sites for hydroxylation is 1. The highest BCUT2D eigenvalue weighted by Gasteiger charge is 2.39. The second kappa shape index (κ2) is 10.4. The molecular formula is C25H23ClF6N4O. The third kappa shape index (κ3) is 6.64. The van der Waals surface area contributed by atoms with E-state index in [9.17, 15) is 31.1 Å². The van der Waals surface area contributed by atoms with Crippen LogP contribution in [0.3, 0.4) is 0 Å². The van der Waals surface area contributed by atoms with Crippen LogP contribution in [-0.2, 0) is 32.4 Å². The van der Waals surface area contributed by atoms with E-state index in [-0.39, 0.29) is 12.6 Å². The van der Waals surface area contributed by atoms with Crippen molar-refractivity contribution in [1.29, 1.82) is 0 Å². The molecule has 1 amide bonds. The Morgan fingerprint density at radius 3 is 2.14 bits per heavy atom. The number of halogens is 7. The highest BCUT2D eigenvalue weighted by molar-refractivity contribution is 6.30. The van der Waals surface area contributed by atoms with E-state index >= 15 is 0 Å². The van der Waals surface area contributed by atoms with Gasteiger partial charge in [0, 0.05) is 61.6 Å². The minimum absolute atomic E-state index is 0.0216. The molecule has 2 heterocycles. The van der Waals surface area contributed by atoms with Crippen LogP contribution in [0.1, 0.15) is 32.6 Å². The molecule has 12 heteroatoms. The monoisotopic (exact) mass is 544 g/mol. The minimum Gasteiger partial charge on any atom is -0.333 e. The molecule has 2 aromatic carbocycles. The van der Waals surface area contributed by atoms with Crippen molar-refractivity contribution in [2.45, 2.75) is 31.4 Å². The highest BCUT2D eigenvalue weighted by Crippen LogP contribution is 2.37. The van der Waals surface area contributed by atoms with Gasteiger partial charge in [0.05, 0.1) is 17.3 Å². The SMILES string of the molecule is Cn1cc(CN2CCN(C(=O)c3cc(C(F)(F)F)cc(C(F)(F)F)c3)[C@H](Cc3ccc(Cl)cc3)C2)cn1. The van der Waals surface area contributed by atoms with Crippen LogP contribution in [0.2, 0.25) is 5.02 Å². The molecule has 0 bridgehead atoms. The van der Waals surface area contributed by atoms with E-state index in [0.717, 1.165) is 11.1 Å². The number of aromatic nitrogens is 2. The summed E-state index contributed by atoms with van der Waals surface area (Å²) in [7, 11) is 1.79. The molecule has 0 unspecified atom stereocenters. The number of carbonyl (C=O) groups excluding carboxylic acids is 1. The van der Waals surface area contributed by atoms with E-state index in [4.69, 9.17) is 11.6 Å². The third-order valence-electron chi connectivity index (χ3n) is 6.21. The molecule has 3 aromatic rings. The molecule has 5 nitrogen and oxygen atoms in total. The molecule has 1 saturated heterocycles. The predicted octanol–water partition coefficient (Wildman–Crippen LogP) is 5.68. The Morgan fingerprint density at radius 2 is 1.59 bits per heavy atom. The van der Waals surface area contributed by atoms with Gasteiger partial charge in [0.25, 0.3) is 5.91 Å². The van der Waals surface area contributed by atoms with E-state index in [1.54, 1.807) is 42.2 Å². The topological polar surface area (TPSA) is 41.4 Å². The van der Waals surface area contributed by atoms with Crippen LogP contribution < -0.4 is 0 Å². The summed E-state index contributed by atoms with van der Waals surface area (Å²) in [6.45, 7) is 1.43. The van der Waals surface area contributed by atoms with Gasteiger partial charge in [-0.25, -0.2) is 0 Å². The van der Waals surface area contributed by atoms with E-state index in [1.807, 2.05) is 6.20 Å². The van der Waals surface area contributed by atoms with Gasteiger partial charge in [-0.3, -0.25) is 14.4 Å². The van der Waals surface area contributed by atoms with Crippen molar-refractivity contribution < 1.29 is 31.1 Å². The summed E-state index contributed by atoms with van der Waals surface area (Å²) in [6.07, 6.45) is -6.17. The fourth-order valence-corrected chi connectivity index (χ4v) is 4.58. The maximum atomic E-state index is 13.4. The number of piperazine rings is 1. The predicted molar refractivity (Wildman–Crippen MR) is 125 cm³/mol. The molecule has 0 N–H and O–H groups in total. The standard InChI is InChI=1S/C25H23ClF6N4O/c1-34-13-17(12-33-34)14-35-6-7-36(22(15-35)8-16-2-4-21(26)5-3-16)23(37)18-9-19(24(27,28)29)11-20(10-18)25(30,31)32/h2-5,9-13,22H,6-8,14-15H2,1H3/t22-/m1/s1. The zero-order valence-corrected chi connectivity index (χ0v) is 20.4. The van der Waals surface area contributed by atoms with Crippen molar-refractivity contribution in [2.75, 3.05) is 19.6 Å². The molecular weight excluding hydrogens is 522 g/mol. The summed E-state index contributed by atoms with van der Waals surface area (Å²) in [5, 5.41) is 4.66. The summed E-state index contributed by atoms with van der Waals surface area (Å²) >= 11 is 5.97. The zero-order chi connectivity index (χ0) is 27.0. The molecule has 1 atom stereocenters. The summed E-state index contributed by atoms with van der Waals surface area (Å²) in [4.78, 5) is 16.9. The first kappa shape index (κ1) is 27.0. The van der Waals surface area contributed by atoms with E-state index in [1.165, 1.54) is 4.90 Å². The second-order valence-electron chi connectivity index (χ2n) is 9.03. The summed E-state index contributed by atoms with van der Waals surface area (Å²) < 4.78 is 82.0. The fourth-order valence-electron chi connectivity index (χ4n) is 4.45. The van der Waals surface area contributed by atoms with Crippen molar-refractivity contribution in [3.05, 3.63) is 87.7 Å². The molecule has 1 fully saturated rings. The van der Waals surface area contributed by atoms with Crippen molar-refractivity contribution in [1.82, 2.24) is 19.6 Å². The normalized spacial score (nSPS) is 17.3. The van der Waals surface area contributed by atoms with Crippen LogP contribution in [0.5, 0.6) is 0 Å². The molecule has 1 aliphatic heterocycles. The van der Waals surface area contributed by atoms with Gasteiger partial charge in [-0.05, 0) is 42.3 Å². The van der Waals surface area contributed by atoms with Gasteiger partial charge in [0.2, 0.25) is 0 Å². The Kier molecular flexibility index (Phi) is 7.57. The smallest absolute Gasteiger partial charge is 0.333 e. The average Bonchev–Trinajstić information content (AvgIpc) is 3.23. The first-order chi connectivity index (χ1) is 17.3. The first-order valence-corrected chi connectivity index (χ1v) is 11.7. The van der Waals surface area contributed by atoms with Gasteiger partial charge < -0.3 is 4.90 Å². The Morgan fingerprint density at radius 1 is 0.973 bits per heavy atom. The summed E-state index contributed by atoms with van der Waals surface area (Å²) in [5.41, 5.74) is -1.91. The maximum absolute atomic E-state index is 13.4. The lowest BCUT2D eigenvalue weighted by atomic mass is 9.99. The number of amides is 1. The zero-order valence-electron chi connectivity index (χ0n) is 19.7. The number of carbonyl (C=O) groups is 1. The van der Waals surface area contributed by atoms with Crippen LogP contribution >= 0.6 is 11.6 Å². The van der Waals surface area contributed by atoms with Crippen LogP contribution in [-0.4, -0.2) is 51.2 Å². The highest BCUT2D eigenvalue weighted by atomic mass is 35.5. The molecule has 1 aliphatic rings. The van der Waals surface area contributed by atoms with E-state index in [2.05, 4.69) is 10.00 Å². The lowest BCUT2D eigenvalue weighted by Gasteiger charge is -2.41. The van der Waals surface area contributed by atoms with Gasteiger partial charge in [0.1, 0.15) is 0 Å². The summed E-state index contributed by atoms with van der Waals surface area (Å²) in [6, 6.07) is 7.41. The van der Waals surface area contributed by atoms with Crippen LogP contribution in [0.25, 0.3) is 0 Å². The molecule has 37 heavy (non-hydrogen) atoms. The van der Waals surface area contributed by atoms with E-state index in [0.29, 0.717) is 43.2 Å². The summed E-state index contributed by atoms with van der Waals surface area (Å²) in [5.74, 6) is -0.878. The molecule has 4 rings (SSSR count). The largest absolute Gasteiger partial charge is 0.416 e. The number of hydrogen-bond acceptors (Lipinski definition) is 3. The van der Waals surface area contributed by atoms with Gasteiger partial charge >= 0.3 is 12.4 Å². The number of alkyl halides is 6. The third-order valence-corrected chi connectivity index (χ3v) is 6.46. The quantitative estimate of drug-likeness (QED) is 0.388. The molecule has 0 saturated carbocycles. The molecule has 0 aliphatic carbocycles.